The van der Waals surface area contributed by atoms with Gasteiger partial charge in [0.15, 0.2) is 0 Å². The van der Waals surface area contributed by atoms with E-state index in [2.05, 4.69) is 31.2 Å². The molecule has 1 aromatic carbocycles. The molecule has 1 saturated carbocycles. The number of hydrogen-bond acceptors (Lipinski definition) is 4. The molecule has 0 bridgehead atoms. The number of rotatable bonds is 3. The van der Waals surface area contributed by atoms with Gasteiger partial charge in [0.05, 0.1) is 6.61 Å². The zero-order valence-corrected chi connectivity index (χ0v) is 17.0. The standard InChI is InChI=1S/C22H34O3S/c1-19-12-11-13-21(16-19)26-18-20-17-23-22(25-24-20)14-9-7-5-3-2-4-6-8-10-15-22/h11-13,16,20H,2-10,14-15,17-18H2,1H3. The highest BCUT2D eigenvalue weighted by Crippen LogP contribution is 2.34. The highest BCUT2D eigenvalue weighted by molar-refractivity contribution is 7.99. The molecule has 0 N–H and O–H groups in total. The van der Waals surface area contributed by atoms with Crippen molar-refractivity contribution >= 4 is 11.8 Å². The summed E-state index contributed by atoms with van der Waals surface area (Å²) in [6.45, 7) is 2.76. The van der Waals surface area contributed by atoms with Gasteiger partial charge in [-0.15, -0.1) is 11.8 Å². The second-order valence-corrected chi connectivity index (χ2v) is 8.93. The van der Waals surface area contributed by atoms with E-state index in [-0.39, 0.29) is 6.10 Å². The third-order valence-electron chi connectivity index (χ3n) is 5.41. The smallest absolute Gasteiger partial charge is 0.201 e. The fourth-order valence-corrected chi connectivity index (χ4v) is 4.78. The first-order valence-electron chi connectivity index (χ1n) is 10.4. The Balaban J connectivity index is 1.46. The van der Waals surface area contributed by atoms with E-state index in [4.69, 9.17) is 14.5 Å². The molecule has 2 fully saturated rings. The van der Waals surface area contributed by atoms with Crippen molar-refractivity contribution < 1.29 is 14.5 Å². The molecule has 1 aliphatic heterocycles. The normalized spacial score (nSPS) is 25.3. The van der Waals surface area contributed by atoms with Crippen LogP contribution in [-0.2, 0) is 14.5 Å². The van der Waals surface area contributed by atoms with E-state index in [1.807, 2.05) is 11.8 Å². The van der Waals surface area contributed by atoms with E-state index in [9.17, 15) is 0 Å². The molecule has 1 unspecified atom stereocenters. The average molecular weight is 379 g/mol. The van der Waals surface area contributed by atoms with Crippen molar-refractivity contribution in [2.45, 2.75) is 94.3 Å². The zero-order valence-electron chi connectivity index (χ0n) is 16.2. The van der Waals surface area contributed by atoms with Crippen LogP contribution in [-0.4, -0.2) is 24.3 Å². The Morgan fingerprint density at radius 3 is 2.19 bits per heavy atom. The van der Waals surface area contributed by atoms with Gasteiger partial charge in [-0.3, -0.25) is 0 Å². The maximum Gasteiger partial charge on any atom is 0.201 e. The van der Waals surface area contributed by atoms with E-state index < -0.39 is 5.79 Å². The second-order valence-electron chi connectivity index (χ2n) is 7.83. The minimum absolute atomic E-state index is 0.00696. The average Bonchev–Trinajstić information content (AvgIpc) is 2.64. The summed E-state index contributed by atoms with van der Waals surface area (Å²) >= 11 is 1.81. The molecule has 1 spiro atoms. The highest BCUT2D eigenvalue weighted by Gasteiger charge is 2.38. The van der Waals surface area contributed by atoms with Gasteiger partial charge in [-0.1, -0.05) is 62.6 Å². The van der Waals surface area contributed by atoms with Crippen LogP contribution in [0.2, 0.25) is 0 Å². The van der Waals surface area contributed by atoms with Gasteiger partial charge in [0, 0.05) is 23.5 Å². The van der Waals surface area contributed by atoms with Gasteiger partial charge in [0.2, 0.25) is 5.79 Å². The molecule has 3 rings (SSSR count). The van der Waals surface area contributed by atoms with Crippen LogP contribution in [0.25, 0.3) is 0 Å². The van der Waals surface area contributed by atoms with Gasteiger partial charge in [-0.25, -0.2) is 9.78 Å². The van der Waals surface area contributed by atoms with Crippen LogP contribution < -0.4 is 0 Å². The Kier molecular flexibility index (Phi) is 8.31. The van der Waals surface area contributed by atoms with Gasteiger partial charge in [-0.2, -0.15) is 0 Å². The van der Waals surface area contributed by atoms with Crippen LogP contribution >= 0.6 is 11.8 Å². The lowest BCUT2D eigenvalue weighted by Crippen LogP contribution is -2.46. The SMILES string of the molecule is Cc1cccc(SCC2COC3(CCCCCCCCCCC3)OO2)c1. The van der Waals surface area contributed by atoms with Crippen LogP contribution in [0.3, 0.4) is 0 Å². The van der Waals surface area contributed by atoms with E-state index in [1.165, 1.54) is 68.2 Å². The van der Waals surface area contributed by atoms with Crippen LogP contribution in [0.5, 0.6) is 0 Å². The van der Waals surface area contributed by atoms with Crippen molar-refractivity contribution in [2.75, 3.05) is 12.4 Å². The molecule has 1 heterocycles. The first-order valence-corrected chi connectivity index (χ1v) is 11.4. The third-order valence-corrected chi connectivity index (χ3v) is 6.53. The molecule has 26 heavy (non-hydrogen) atoms. The lowest BCUT2D eigenvalue weighted by atomic mass is 9.97. The van der Waals surface area contributed by atoms with Crippen molar-refractivity contribution in [1.82, 2.24) is 0 Å². The Morgan fingerprint density at radius 2 is 1.62 bits per heavy atom. The van der Waals surface area contributed by atoms with Gasteiger partial charge >= 0.3 is 0 Å². The van der Waals surface area contributed by atoms with Gasteiger partial charge in [0.1, 0.15) is 6.10 Å². The van der Waals surface area contributed by atoms with Crippen molar-refractivity contribution in [3.63, 3.8) is 0 Å². The fraction of sp³-hybridized carbons (Fsp3) is 0.727. The second kappa shape index (κ2) is 10.7. The van der Waals surface area contributed by atoms with Crippen LogP contribution in [0.1, 0.15) is 76.2 Å². The van der Waals surface area contributed by atoms with Crippen molar-refractivity contribution in [1.29, 1.82) is 0 Å². The molecule has 3 nitrogen and oxygen atoms in total. The molecule has 0 aromatic heterocycles. The molecule has 1 saturated heterocycles. The van der Waals surface area contributed by atoms with E-state index >= 15 is 0 Å². The first kappa shape index (κ1) is 20.2. The lowest BCUT2D eigenvalue weighted by Gasteiger charge is -2.39. The van der Waals surface area contributed by atoms with Crippen LogP contribution in [0.15, 0.2) is 29.2 Å². The molecule has 146 valence electrons. The summed E-state index contributed by atoms with van der Waals surface area (Å²) in [5.41, 5.74) is 1.29. The summed E-state index contributed by atoms with van der Waals surface area (Å²) in [5, 5.41) is 0. The Bertz CT molecular complexity index is 512. The summed E-state index contributed by atoms with van der Waals surface area (Å²) in [4.78, 5) is 13.0. The zero-order chi connectivity index (χ0) is 18.1. The Labute approximate surface area is 163 Å². The van der Waals surface area contributed by atoms with Gasteiger partial charge < -0.3 is 4.74 Å². The summed E-state index contributed by atoms with van der Waals surface area (Å²) in [7, 11) is 0. The Hall–Kier alpha value is -0.550. The molecule has 0 radical (unpaired) electrons. The summed E-state index contributed by atoms with van der Waals surface area (Å²) in [6.07, 6.45) is 13.7. The maximum atomic E-state index is 6.27. The number of ether oxygens (including phenoxy) is 1. The fourth-order valence-electron chi connectivity index (χ4n) is 3.80. The molecular weight excluding hydrogens is 344 g/mol. The van der Waals surface area contributed by atoms with E-state index in [0.717, 1.165) is 18.6 Å². The largest absolute Gasteiger partial charge is 0.344 e. The molecular formula is C22H34O3S. The molecule has 4 heteroatoms. The monoisotopic (exact) mass is 378 g/mol. The number of aryl methyl sites for hydroxylation is 1. The minimum atomic E-state index is -0.496. The number of hydrogen-bond donors (Lipinski definition) is 0. The van der Waals surface area contributed by atoms with Crippen molar-refractivity contribution in [3.05, 3.63) is 29.8 Å². The van der Waals surface area contributed by atoms with Crippen LogP contribution in [0, 0.1) is 6.92 Å². The molecule has 0 amide bonds. The molecule has 1 atom stereocenters. The summed E-state index contributed by atoms with van der Waals surface area (Å²) in [6, 6.07) is 8.59. The molecule has 2 aliphatic rings. The minimum Gasteiger partial charge on any atom is -0.344 e. The van der Waals surface area contributed by atoms with E-state index in [0.29, 0.717) is 6.61 Å². The Morgan fingerprint density at radius 1 is 0.962 bits per heavy atom. The van der Waals surface area contributed by atoms with Crippen LogP contribution in [0.4, 0.5) is 0 Å². The third kappa shape index (κ3) is 6.56. The summed E-state index contributed by atoms with van der Waals surface area (Å²) in [5.74, 6) is 0.364. The highest BCUT2D eigenvalue weighted by atomic mass is 32.2. The first-order chi connectivity index (χ1) is 12.8. The number of thioether (sulfide) groups is 1. The van der Waals surface area contributed by atoms with Crippen molar-refractivity contribution in [3.8, 4) is 0 Å². The maximum absolute atomic E-state index is 6.27. The van der Waals surface area contributed by atoms with Gasteiger partial charge in [-0.05, 0) is 31.9 Å². The predicted molar refractivity (Wildman–Crippen MR) is 107 cm³/mol. The van der Waals surface area contributed by atoms with Gasteiger partial charge in [0.25, 0.3) is 0 Å². The summed E-state index contributed by atoms with van der Waals surface area (Å²) < 4.78 is 6.27. The topological polar surface area (TPSA) is 27.7 Å². The predicted octanol–water partition coefficient (Wildman–Crippen LogP) is 6.44. The quantitative estimate of drug-likeness (QED) is 0.447. The number of benzene rings is 1. The van der Waals surface area contributed by atoms with Crippen molar-refractivity contribution in [2.24, 2.45) is 0 Å². The molecule has 1 aliphatic carbocycles. The lowest BCUT2D eigenvalue weighted by molar-refractivity contribution is -0.486. The molecule has 1 aromatic rings. The van der Waals surface area contributed by atoms with E-state index in [1.54, 1.807) is 0 Å².